The summed E-state index contributed by atoms with van der Waals surface area (Å²) in [7, 11) is 1.88. The Labute approximate surface area is 140 Å². The number of hydrogen-bond acceptors (Lipinski definition) is 4. The number of nitrogens with zero attached hydrogens (tertiary/aromatic N) is 2. The molecule has 1 aromatic carbocycles. The van der Waals surface area contributed by atoms with Crippen LogP contribution in [0.25, 0.3) is 0 Å². The fourth-order valence-electron chi connectivity index (χ4n) is 3.77. The van der Waals surface area contributed by atoms with E-state index in [1.54, 1.807) is 24.3 Å². The minimum absolute atomic E-state index is 0.0817. The minimum atomic E-state index is -0.977. The van der Waals surface area contributed by atoms with Crippen LogP contribution in [0.4, 0.5) is 5.69 Å². The lowest BCUT2D eigenvalue weighted by Crippen LogP contribution is -2.52. The van der Waals surface area contributed by atoms with Gasteiger partial charge in [0.15, 0.2) is 0 Å². The van der Waals surface area contributed by atoms with Gasteiger partial charge in [-0.3, -0.25) is 14.4 Å². The average molecular weight is 331 g/mol. The fourth-order valence-corrected chi connectivity index (χ4v) is 3.77. The summed E-state index contributed by atoms with van der Waals surface area (Å²) in [5.74, 6) is -2.40. The summed E-state index contributed by atoms with van der Waals surface area (Å²) in [6.45, 7) is 1.61. The number of hydrogen-bond donors (Lipinski definition) is 2. The summed E-state index contributed by atoms with van der Waals surface area (Å²) < 4.78 is 0. The molecule has 2 aliphatic rings. The number of para-hydroxylation sites is 1. The number of anilines is 1. The first kappa shape index (κ1) is 16.4. The van der Waals surface area contributed by atoms with Crippen molar-refractivity contribution in [3.05, 3.63) is 30.3 Å². The molecule has 2 fully saturated rings. The summed E-state index contributed by atoms with van der Waals surface area (Å²) in [6.07, 6.45) is 0.715. The molecule has 2 saturated heterocycles. The standard InChI is InChI=1S/C17H21N3O4/c1-19-8-7-12-9-20(11-17(12,10-19)16(23)24)15(22)14(21)18-13-5-3-2-4-6-13/h2-6,12H,7-11H2,1H3,(H,18,21)(H,23,24)/t12-,17-/m0/s1. The molecule has 2 aliphatic heterocycles. The molecule has 0 aromatic heterocycles. The van der Waals surface area contributed by atoms with Crippen molar-refractivity contribution < 1.29 is 19.5 Å². The Balaban J connectivity index is 1.73. The third-order valence-electron chi connectivity index (χ3n) is 5.05. The number of rotatable bonds is 2. The molecule has 0 radical (unpaired) electrons. The first-order chi connectivity index (χ1) is 11.4. The molecule has 0 spiro atoms. The summed E-state index contributed by atoms with van der Waals surface area (Å²) >= 11 is 0. The van der Waals surface area contributed by atoms with Gasteiger partial charge in [-0.05, 0) is 38.1 Å². The average Bonchev–Trinajstić information content (AvgIpc) is 2.95. The van der Waals surface area contributed by atoms with Gasteiger partial charge in [0.1, 0.15) is 5.41 Å². The zero-order valence-electron chi connectivity index (χ0n) is 13.6. The Bertz CT molecular complexity index is 663. The normalized spacial score (nSPS) is 26.7. The minimum Gasteiger partial charge on any atom is -0.481 e. The molecule has 0 aliphatic carbocycles. The molecule has 2 atom stereocenters. The topological polar surface area (TPSA) is 90.0 Å². The monoisotopic (exact) mass is 331 g/mol. The summed E-state index contributed by atoms with van der Waals surface area (Å²) in [4.78, 5) is 39.9. The molecular weight excluding hydrogens is 310 g/mol. The van der Waals surface area contributed by atoms with Crippen molar-refractivity contribution in [2.75, 3.05) is 38.5 Å². The van der Waals surface area contributed by atoms with E-state index in [0.717, 1.165) is 6.54 Å². The molecule has 0 saturated carbocycles. The number of likely N-dealkylation sites (tertiary alicyclic amines) is 2. The van der Waals surface area contributed by atoms with E-state index < -0.39 is 23.2 Å². The Morgan fingerprint density at radius 2 is 1.92 bits per heavy atom. The number of fused-ring (bicyclic) bond motifs is 1. The van der Waals surface area contributed by atoms with Gasteiger partial charge in [-0.1, -0.05) is 18.2 Å². The molecule has 7 nitrogen and oxygen atoms in total. The van der Waals surface area contributed by atoms with Crippen LogP contribution in [-0.2, 0) is 14.4 Å². The van der Waals surface area contributed by atoms with E-state index in [0.29, 0.717) is 25.2 Å². The van der Waals surface area contributed by atoms with E-state index in [9.17, 15) is 19.5 Å². The van der Waals surface area contributed by atoms with Crippen LogP contribution in [0.3, 0.4) is 0 Å². The smallest absolute Gasteiger partial charge is 0.313 e. The van der Waals surface area contributed by atoms with Crippen LogP contribution in [-0.4, -0.2) is 65.9 Å². The van der Waals surface area contributed by atoms with Crippen molar-refractivity contribution in [2.24, 2.45) is 11.3 Å². The molecule has 128 valence electrons. The van der Waals surface area contributed by atoms with Gasteiger partial charge in [0.05, 0.1) is 0 Å². The van der Waals surface area contributed by atoms with E-state index in [1.165, 1.54) is 4.90 Å². The quantitative estimate of drug-likeness (QED) is 0.770. The summed E-state index contributed by atoms with van der Waals surface area (Å²) in [5.41, 5.74) is -0.435. The van der Waals surface area contributed by atoms with Crippen molar-refractivity contribution >= 4 is 23.5 Å². The molecule has 2 amide bonds. The molecule has 24 heavy (non-hydrogen) atoms. The van der Waals surface area contributed by atoms with Gasteiger partial charge in [-0.15, -0.1) is 0 Å². The van der Waals surface area contributed by atoms with E-state index in [2.05, 4.69) is 5.32 Å². The van der Waals surface area contributed by atoms with Crippen molar-refractivity contribution in [3.8, 4) is 0 Å². The Morgan fingerprint density at radius 3 is 2.58 bits per heavy atom. The molecule has 0 bridgehead atoms. The molecule has 2 N–H and O–H groups in total. The predicted molar refractivity (Wildman–Crippen MR) is 87.3 cm³/mol. The lowest BCUT2D eigenvalue weighted by molar-refractivity contribution is -0.154. The number of nitrogens with one attached hydrogen (secondary N) is 1. The predicted octanol–water partition coefficient (Wildman–Crippen LogP) is 0.490. The van der Waals surface area contributed by atoms with Crippen LogP contribution in [0.1, 0.15) is 6.42 Å². The third-order valence-corrected chi connectivity index (χ3v) is 5.05. The highest BCUT2D eigenvalue weighted by molar-refractivity contribution is 6.39. The van der Waals surface area contributed by atoms with Crippen LogP contribution in [0.2, 0.25) is 0 Å². The first-order valence-electron chi connectivity index (χ1n) is 7.99. The second-order valence-corrected chi connectivity index (χ2v) is 6.69. The van der Waals surface area contributed by atoms with E-state index in [-0.39, 0.29) is 12.5 Å². The van der Waals surface area contributed by atoms with Crippen LogP contribution in [0.5, 0.6) is 0 Å². The number of benzene rings is 1. The van der Waals surface area contributed by atoms with Crippen LogP contribution >= 0.6 is 0 Å². The molecule has 0 unspecified atom stereocenters. The summed E-state index contributed by atoms with van der Waals surface area (Å²) in [6, 6.07) is 8.74. The van der Waals surface area contributed by atoms with E-state index >= 15 is 0 Å². The second-order valence-electron chi connectivity index (χ2n) is 6.69. The van der Waals surface area contributed by atoms with Gasteiger partial charge >= 0.3 is 17.8 Å². The fraction of sp³-hybridized carbons (Fsp3) is 0.471. The first-order valence-corrected chi connectivity index (χ1v) is 7.99. The van der Waals surface area contributed by atoms with Gasteiger partial charge in [0.25, 0.3) is 0 Å². The number of carbonyl (C=O) groups excluding carboxylic acids is 2. The number of aliphatic carboxylic acids is 1. The second kappa shape index (κ2) is 6.24. The maximum Gasteiger partial charge on any atom is 0.313 e. The van der Waals surface area contributed by atoms with Gasteiger partial charge in [-0.25, -0.2) is 0 Å². The van der Waals surface area contributed by atoms with Gasteiger partial charge in [-0.2, -0.15) is 0 Å². The maximum absolute atomic E-state index is 12.4. The Morgan fingerprint density at radius 1 is 1.21 bits per heavy atom. The van der Waals surface area contributed by atoms with Gasteiger partial charge in [0.2, 0.25) is 0 Å². The Hall–Kier alpha value is -2.41. The number of carboxylic acid groups (broad SMARTS) is 1. The maximum atomic E-state index is 12.4. The molecule has 1 aromatic rings. The molecule has 2 heterocycles. The number of carbonyl (C=O) groups is 3. The SMILES string of the molecule is CN1CC[C@H]2CN(C(=O)C(=O)Nc3ccccc3)C[C@@]2(C(=O)O)C1. The van der Waals surface area contributed by atoms with Gasteiger partial charge < -0.3 is 20.2 Å². The van der Waals surface area contributed by atoms with Crippen molar-refractivity contribution in [3.63, 3.8) is 0 Å². The number of carboxylic acids is 1. The highest BCUT2D eigenvalue weighted by Gasteiger charge is 2.56. The van der Waals surface area contributed by atoms with Crippen LogP contribution < -0.4 is 5.32 Å². The van der Waals surface area contributed by atoms with Crippen molar-refractivity contribution in [1.29, 1.82) is 0 Å². The zero-order chi connectivity index (χ0) is 17.3. The molecule has 3 rings (SSSR count). The van der Waals surface area contributed by atoms with Gasteiger partial charge in [0, 0.05) is 25.3 Å². The molecular formula is C17H21N3O4. The highest BCUT2D eigenvalue weighted by Crippen LogP contribution is 2.42. The Kier molecular flexibility index (Phi) is 4.28. The number of amides is 2. The number of piperidine rings is 1. The largest absolute Gasteiger partial charge is 0.481 e. The van der Waals surface area contributed by atoms with Crippen LogP contribution in [0.15, 0.2) is 30.3 Å². The third kappa shape index (κ3) is 2.87. The van der Waals surface area contributed by atoms with Crippen molar-refractivity contribution in [1.82, 2.24) is 9.80 Å². The van der Waals surface area contributed by atoms with Crippen molar-refractivity contribution in [2.45, 2.75) is 6.42 Å². The zero-order valence-corrected chi connectivity index (χ0v) is 13.6. The van der Waals surface area contributed by atoms with Crippen LogP contribution in [0, 0.1) is 11.3 Å². The van der Waals surface area contributed by atoms with E-state index in [4.69, 9.17) is 0 Å². The lowest BCUT2D eigenvalue weighted by atomic mass is 9.73. The summed E-state index contributed by atoms with van der Waals surface area (Å²) in [5, 5.41) is 12.3. The highest BCUT2D eigenvalue weighted by atomic mass is 16.4. The lowest BCUT2D eigenvalue weighted by Gasteiger charge is -2.39. The molecule has 7 heteroatoms. The van der Waals surface area contributed by atoms with E-state index in [1.807, 2.05) is 18.0 Å².